The molecule has 0 fully saturated rings. The SMILES string of the molecule is Cn1cc(C(=O)O)c(Nc2ccc(Br)cc2Cl)cc1=O. The second-order valence-electron chi connectivity index (χ2n) is 4.10. The van der Waals surface area contributed by atoms with E-state index in [0.717, 1.165) is 4.47 Å². The lowest BCUT2D eigenvalue weighted by atomic mass is 10.2. The van der Waals surface area contributed by atoms with Crippen molar-refractivity contribution in [1.29, 1.82) is 0 Å². The van der Waals surface area contributed by atoms with Gasteiger partial charge in [-0.3, -0.25) is 4.79 Å². The van der Waals surface area contributed by atoms with E-state index in [1.54, 1.807) is 18.2 Å². The molecule has 0 radical (unpaired) electrons. The minimum absolute atomic E-state index is 0.00825. The number of carboxylic acids is 1. The van der Waals surface area contributed by atoms with Gasteiger partial charge >= 0.3 is 5.97 Å². The van der Waals surface area contributed by atoms with E-state index in [4.69, 9.17) is 11.6 Å². The highest BCUT2D eigenvalue weighted by molar-refractivity contribution is 9.10. The number of pyridine rings is 1. The molecule has 1 aromatic carbocycles. The number of hydrogen-bond donors (Lipinski definition) is 2. The quantitative estimate of drug-likeness (QED) is 0.884. The number of carboxylic acid groups (broad SMARTS) is 1. The van der Waals surface area contributed by atoms with Gasteiger partial charge in [-0.05, 0) is 18.2 Å². The van der Waals surface area contributed by atoms with Crippen molar-refractivity contribution in [2.45, 2.75) is 0 Å². The molecule has 0 saturated heterocycles. The summed E-state index contributed by atoms with van der Waals surface area (Å²) in [6, 6.07) is 6.35. The van der Waals surface area contributed by atoms with Crippen LogP contribution in [0.3, 0.4) is 0 Å². The molecule has 0 aliphatic carbocycles. The van der Waals surface area contributed by atoms with Crippen LogP contribution in [0.15, 0.2) is 39.7 Å². The number of anilines is 2. The predicted molar refractivity (Wildman–Crippen MR) is 81.1 cm³/mol. The zero-order valence-electron chi connectivity index (χ0n) is 10.4. The number of halogens is 2. The van der Waals surface area contributed by atoms with Gasteiger partial charge in [-0.2, -0.15) is 0 Å². The highest BCUT2D eigenvalue weighted by Crippen LogP contribution is 2.29. The van der Waals surface area contributed by atoms with E-state index >= 15 is 0 Å². The van der Waals surface area contributed by atoms with Crippen LogP contribution in [0.4, 0.5) is 11.4 Å². The van der Waals surface area contributed by atoms with E-state index in [1.165, 1.54) is 23.9 Å². The largest absolute Gasteiger partial charge is 0.478 e. The molecule has 0 atom stereocenters. The molecule has 0 unspecified atom stereocenters. The van der Waals surface area contributed by atoms with E-state index < -0.39 is 5.97 Å². The number of aromatic nitrogens is 1. The number of aryl methyl sites for hydroxylation is 1. The Balaban J connectivity index is 2.50. The summed E-state index contributed by atoms with van der Waals surface area (Å²) in [6.45, 7) is 0. The van der Waals surface area contributed by atoms with Gasteiger partial charge in [0.1, 0.15) is 0 Å². The van der Waals surface area contributed by atoms with Gasteiger partial charge in [0.05, 0.1) is 22.0 Å². The lowest BCUT2D eigenvalue weighted by Gasteiger charge is -2.12. The van der Waals surface area contributed by atoms with Gasteiger partial charge in [0.25, 0.3) is 5.56 Å². The standard InChI is InChI=1S/C13H10BrClN2O3/c1-17-6-8(13(19)20)11(5-12(17)18)16-10-3-2-7(14)4-9(10)15/h2-6,16H,1H3,(H,19,20). The first-order chi connectivity index (χ1) is 9.38. The maximum absolute atomic E-state index is 11.6. The van der Waals surface area contributed by atoms with Crippen molar-refractivity contribution in [2.75, 3.05) is 5.32 Å². The molecule has 0 bridgehead atoms. The van der Waals surface area contributed by atoms with Gasteiger partial charge in [-0.15, -0.1) is 0 Å². The Labute approximate surface area is 127 Å². The third-order valence-corrected chi connectivity index (χ3v) is 3.47. The summed E-state index contributed by atoms with van der Waals surface area (Å²) in [7, 11) is 1.49. The van der Waals surface area contributed by atoms with Gasteiger partial charge in [0.15, 0.2) is 0 Å². The molecule has 2 rings (SSSR count). The zero-order valence-corrected chi connectivity index (χ0v) is 12.7. The molecule has 0 saturated carbocycles. The first kappa shape index (κ1) is 14.6. The van der Waals surface area contributed by atoms with Crippen molar-refractivity contribution in [1.82, 2.24) is 4.57 Å². The first-order valence-corrected chi connectivity index (χ1v) is 6.71. The highest BCUT2D eigenvalue weighted by Gasteiger charge is 2.13. The Kier molecular flexibility index (Phi) is 4.15. The van der Waals surface area contributed by atoms with Crippen LogP contribution in [0.2, 0.25) is 5.02 Å². The van der Waals surface area contributed by atoms with E-state index in [2.05, 4.69) is 21.2 Å². The molecule has 0 amide bonds. The maximum atomic E-state index is 11.6. The van der Waals surface area contributed by atoms with Crippen molar-refractivity contribution in [3.8, 4) is 0 Å². The number of nitrogens with one attached hydrogen (secondary N) is 1. The third kappa shape index (κ3) is 3.02. The maximum Gasteiger partial charge on any atom is 0.339 e. The lowest BCUT2D eigenvalue weighted by molar-refractivity contribution is 0.0697. The van der Waals surface area contributed by atoms with E-state index in [9.17, 15) is 14.7 Å². The third-order valence-electron chi connectivity index (χ3n) is 2.66. The van der Waals surface area contributed by atoms with Crippen LogP contribution in [0, 0.1) is 0 Å². The molecule has 1 heterocycles. The topological polar surface area (TPSA) is 71.3 Å². The number of nitrogens with zero attached hydrogens (tertiary/aromatic N) is 1. The van der Waals surface area contributed by atoms with Crippen LogP contribution in [-0.2, 0) is 7.05 Å². The van der Waals surface area contributed by atoms with Crippen molar-refractivity contribution >= 4 is 44.9 Å². The number of carbonyl (C=O) groups is 1. The Bertz CT molecular complexity index is 743. The Morgan fingerprint density at radius 3 is 2.65 bits per heavy atom. The van der Waals surface area contributed by atoms with Gasteiger partial charge in [-0.1, -0.05) is 27.5 Å². The van der Waals surface area contributed by atoms with E-state index in [0.29, 0.717) is 10.7 Å². The van der Waals surface area contributed by atoms with Crippen molar-refractivity contribution in [2.24, 2.45) is 7.05 Å². The van der Waals surface area contributed by atoms with Gasteiger partial charge in [0.2, 0.25) is 0 Å². The van der Waals surface area contributed by atoms with Crippen LogP contribution in [-0.4, -0.2) is 15.6 Å². The van der Waals surface area contributed by atoms with Crippen molar-refractivity contribution < 1.29 is 9.90 Å². The fourth-order valence-corrected chi connectivity index (χ4v) is 2.36. The zero-order chi connectivity index (χ0) is 14.9. The summed E-state index contributed by atoms with van der Waals surface area (Å²) in [6.07, 6.45) is 1.26. The second kappa shape index (κ2) is 5.68. The molecule has 0 aliphatic rings. The Morgan fingerprint density at radius 2 is 2.05 bits per heavy atom. The van der Waals surface area contributed by atoms with Crippen molar-refractivity contribution in [3.05, 3.63) is 55.9 Å². The number of aromatic carboxylic acids is 1. The molecule has 20 heavy (non-hydrogen) atoms. The van der Waals surface area contributed by atoms with Gasteiger partial charge in [-0.25, -0.2) is 4.79 Å². The summed E-state index contributed by atoms with van der Waals surface area (Å²) in [5.74, 6) is -1.13. The lowest BCUT2D eigenvalue weighted by Crippen LogP contribution is -2.19. The average Bonchev–Trinajstić information content (AvgIpc) is 2.36. The summed E-state index contributed by atoms with van der Waals surface area (Å²) >= 11 is 9.34. The summed E-state index contributed by atoms with van der Waals surface area (Å²) in [5.41, 5.74) is 0.396. The van der Waals surface area contributed by atoms with Crippen LogP contribution in [0.5, 0.6) is 0 Å². The Morgan fingerprint density at radius 1 is 1.35 bits per heavy atom. The van der Waals surface area contributed by atoms with Gasteiger partial charge < -0.3 is 15.0 Å². The minimum Gasteiger partial charge on any atom is -0.478 e. The van der Waals surface area contributed by atoms with Crippen LogP contribution >= 0.6 is 27.5 Å². The Hall–Kier alpha value is -1.79. The molecule has 0 spiro atoms. The summed E-state index contributed by atoms with van der Waals surface area (Å²) in [4.78, 5) is 22.9. The molecular formula is C13H10BrClN2O3. The predicted octanol–water partition coefficient (Wildman–Crippen LogP) is 3.24. The molecule has 5 nitrogen and oxygen atoms in total. The minimum atomic E-state index is -1.13. The number of rotatable bonds is 3. The molecular weight excluding hydrogens is 348 g/mol. The monoisotopic (exact) mass is 356 g/mol. The molecule has 0 aliphatic heterocycles. The molecule has 104 valence electrons. The fourth-order valence-electron chi connectivity index (χ4n) is 1.64. The normalized spacial score (nSPS) is 10.3. The van der Waals surface area contributed by atoms with Crippen LogP contribution < -0.4 is 10.9 Å². The van der Waals surface area contributed by atoms with Crippen molar-refractivity contribution in [3.63, 3.8) is 0 Å². The number of hydrogen-bond acceptors (Lipinski definition) is 3. The molecule has 1 aromatic heterocycles. The summed E-state index contributed by atoms with van der Waals surface area (Å²) in [5, 5.41) is 12.5. The fraction of sp³-hybridized carbons (Fsp3) is 0.0769. The van der Waals surface area contributed by atoms with E-state index in [1.807, 2.05) is 0 Å². The molecule has 2 N–H and O–H groups in total. The molecule has 2 aromatic rings. The summed E-state index contributed by atoms with van der Waals surface area (Å²) < 4.78 is 2.01. The van der Waals surface area contributed by atoms with Crippen LogP contribution in [0.1, 0.15) is 10.4 Å². The van der Waals surface area contributed by atoms with E-state index in [-0.39, 0.29) is 16.8 Å². The smallest absolute Gasteiger partial charge is 0.339 e. The first-order valence-electron chi connectivity index (χ1n) is 5.54. The highest BCUT2D eigenvalue weighted by atomic mass is 79.9. The average molecular weight is 358 g/mol. The van der Waals surface area contributed by atoms with Crippen LogP contribution in [0.25, 0.3) is 0 Å². The molecule has 7 heteroatoms. The van der Waals surface area contributed by atoms with Gasteiger partial charge in [0, 0.05) is 23.8 Å². The second-order valence-corrected chi connectivity index (χ2v) is 5.43. The number of benzene rings is 1.